The SMILES string of the molecule is Nc1nc(CN(CCO)CCO)nc(N2CCOCC2)n1. The average molecular weight is 298 g/mol. The lowest BCUT2D eigenvalue weighted by Crippen LogP contribution is -2.38. The van der Waals surface area contributed by atoms with Gasteiger partial charge in [-0.3, -0.25) is 4.90 Å². The third kappa shape index (κ3) is 4.74. The summed E-state index contributed by atoms with van der Waals surface area (Å²) in [6, 6.07) is 0. The number of nitrogen functional groups attached to an aromatic ring is 1. The second-order valence-corrected chi connectivity index (χ2v) is 4.73. The lowest BCUT2D eigenvalue weighted by molar-refractivity contribution is 0.122. The Morgan fingerprint density at radius 2 is 1.76 bits per heavy atom. The van der Waals surface area contributed by atoms with Crippen LogP contribution in [0, 0.1) is 0 Å². The molecule has 0 aromatic carbocycles. The first-order valence-electron chi connectivity index (χ1n) is 7.00. The largest absolute Gasteiger partial charge is 0.395 e. The molecule has 1 fully saturated rings. The molecule has 21 heavy (non-hydrogen) atoms. The van der Waals surface area contributed by atoms with Crippen molar-refractivity contribution in [3.63, 3.8) is 0 Å². The first-order chi connectivity index (χ1) is 10.2. The van der Waals surface area contributed by atoms with Crippen LogP contribution in [0.2, 0.25) is 0 Å². The van der Waals surface area contributed by atoms with Crippen molar-refractivity contribution in [3.8, 4) is 0 Å². The van der Waals surface area contributed by atoms with Crippen molar-refractivity contribution in [1.82, 2.24) is 19.9 Å². The highest BCUT2D eigenvalue weighted by molar-refractivity contribution is 5.35. The summed E-state index contributed by atoms with van der Waals surface area (Å²) in [6.07, 6.45) is 0. The lowest BCUT2D eigenvalue weighted by atomic mass is 10.4. The molecule has 1 aliphatic rings. The normalized spacial score (nSPS) is 15.7. The third-order valence-electron chi connectivity index (χ3n) is 3.18. The van der Waals surface area contributed by atoms with E-state index in [9.17, 15) is 0 Å². The lowest BCUT2D eigenvalue weighted by Gasteiger charge is -2.27. The number of nitrogens with zero attached hydrogens (tertiary/aromatic N) is 5. The van der Waals surface area contributed by atoms with Crippen LogP contribution in [0.4, 0.5) is 11.9 Å². The van der Waals surface area contributed by atoms with Crippen LogP contribution in [-0.4, -0.2) is 82.7 Å². The number of morpholine rings is 1. The van der Waals surface area contributed by atoms with E-state index >= 15 is 0 Å². The van der Waals surface area contributed by atoms with Crippen LogP contribution in [0.3, 0.4) is 0 Å². The van der Waals surface area contributed by atoms with E-state index in [0.717, 1.165) is 13.1 Å². The number of hydrogen-bond donors (Lipinski definition) is 3. The van der Waals surface area contributed by atoms with E-state index in [-0.39, 0.29) is 19.2 Å². The molecule has 0 radical (unpaired) electrons. The van der Waals surface area contributed by atoms with Crippen LogP contribution >= 0.6 is 0 Å². The summed E-state index contributed by atoms with van der Waals surface area (Å²) < 4.78 is 5.30. The van der Waals surface area contributed by atoms with Gasteiger partial charge in [-0.25, -0.2) is 0 Å². The Morgan fingerprint density at radius 3 is 2.38 bits per heavy atom. The Kier molecular flexibility index (Phi) is 6.05. The fourth-order valence-electron chi connectivity index (χ4n) is 2.15. The molecule has 0 unspecified atom stereocenters. The van der Waals surface area contributed by atoms with E-state index in [4.69, 9.17) is 20.7 Å². The van der Waals surface area contributed by atoms with E-state index < -0.39 is 0 Å². The molecule has 4 N–H and O–H groups in total. The van der Waals surface area contributed by atoms with Gasteiger partial charge in [0.05, 0.1) is 33.0 Å². The molecule has 0 bridgehead atoms. The van der Waals surface area contributed by atoms with E-state index in [1.807, 2.05) is 9.80 Å². The van der Waals surface area contributed by atoms with Crippen molar-refractivity contribution in [2.45, 2.75) is 6.54 Å². The monoisotopic (exact) mass is 298 g/mol. The summed E-state index contributed by atoms with van der Waals surface area (Å²) in [4.78, 5) is 16.6. The van der Waals surface area contributed by atoms with Crippen molar-refractivity contribution in [1.29, 1.82) is 0 Å². The number of aliphatic hydroxyl groups excluding tert-OH is 2. The van der Waals surface area contributed by atoms with Gasteiger partial charge in [-0.1, -0.05) is 0 Å². The molecular weight excluding hydrogens is 276 g/mol. The number of aliphatic hydroxyl groups is 2. The predicted molar refractivity (Wildman–Crippen MR) is 76.7 cm³/mol. The molecule has 118 valence electrons. The van der Waals surface area contributed by atoms with Crippen LogP contribution in [0.5, 0.6) is 0 Å². The number of ether oxygens (including phenoxy) is 1. The Balaban J connectivity index is 2.09. The van der Waals surface area contributed by atoms with Gasteiger partial charge in [0.25, 0.3) is 0 Å². The Morgan fingerprint density at radius 1 is 1.10 bits per heavy atom. The third-order valence-corrected chi connectivity index (χ3v) is 3.18. The van der Waals surface area contributed by atoms with Gasteiger partial charge in [-0.05, 0) is 0 Å². The molecule has 2 rings (SSSR count). The second kappa shape index (κ2) is 8.03. The molecule has 0 spiro atoms. The van der Waals surface area contributed by atoms with Crippen molar-refractivity contribution in [2.24, 2.45) is 0 Å². The maximum absolute atomic E-state index is 9.03. The molecule has 0 saturated carbocycles. The van der Waals surface area contributed by atoms with E-state index in [0.29, 0.717) is 44.6 Å². The minimum Gasteiger partial charge on any atom is -0.395 e. The van der Waals surface area contributed by atoms with Crippen LogP contribution in [0.1, 0.15) is 5.82 Å². The Bertz CT molecular complexity index is 435. The molecule has 0 amide bonds. The highest BCUT2D eigenvalue weighted by Crippen LogP contribution is 2.12. The zero-order valence-electron chi connectivity index (χ0n) is 12.0. The van der Waals surface area contributed by atoms with Crippen molar-refractivity contribution < 1.29 is 14.9 Å². The number of hydrogen-bond acceptors (Lipinski definition) is 9. The Hall–Kier alpha value is -1.55. The van der Waals surface area contributed by atoms with Gasteiger partial charge in [0.2, 0.25) is 11.9 Å². The molecule has 0 aliphatic carbocycles. The maximum Gasteiger partial charge on any atom is 0.230 e. The first-order valence-corrected chi connectivity index (χ1v) is 7.00. The molecule has 9 nitrogen and oxygen atoms in total. The smallest absolute Gasteiger partial charge is 0.230 e. The zero-order valence-corrected chi connectivity index (χ0v) is 12.0. The summed E-state index contributed by atoms with van der Waals surface area (Å²) >= 11 is 0. The molecule has 2 heterocycles. The van der Waals surface area contributed by atoms with E-state index in [2.05, 4.69) is 15.0 Å². The minimum atomic E-state index is 0.0108. The van der Waals surface area contributed by atoms with Crippen LogP contribution in [-0.2, 0) is 11.3 Å². The second-order valence-electron chi connectivity index (χ2n) is 4.73. The van der Waals surface area contributed by atoms with E-state index in [1.54, 1.807) is 0 Å². The van der Waals surface area contributed by atoms with Gasteiger partial charge < -0.3 is 25.6 Å². The van der Waals surface area contributed by atoms with Crippen molar-refractivity contribution >= 4 is 11.9 Å². The standard InChI is InChI=1S/C12H22N6O3/c13-11-14-10(9-17(1-5-19)2-6-20)15-12(16-11)18-3-7-21-8-4-18/h19-20H,1-9H2,(H2,13,14,15,16). The fraction of sp³-hybridized carbons (Fsp3) is 0.750. The molecule has 1 aliphatic heterocycles. The minimum absolute atomic E-state index is 0.0108. The quantitative estimate of drug-likeness (QED) is 0.528. The number of aromatic nitrogens is 3. The van der Waals surface area contributed by atoms with Gasteiger partial charge in [0.15, 0.2) is 0 Å². The molecule has 1 aromatic rings. The van der Waals surface area contributed by atoms with E-state index in [1.165, 1.54) is 0 Å². The van der Waals surface area contributed by atoms with Crippen LogP contribution in [0.25, 0.3) is 0 Å². The average Bonchev–Trinajstić information content (AvgIpc) is 2.48. The maximum atomic E-state index is 9.03. The number of nitrogens with two attached hydrogens (primary N) is 1. The topological polar surface area (TPSA) is 121 Å². The highest BCUT2D eigenvalue weighted by atomic mass is 16.5. The van der Waals surface area contributed by atoms with Crippen molar-refractivity contribution in [2.75, 3.05) is 63.2 Å². The van der Waals surface area contributed by atoms with Crippen molar-refractivity contribution in [3.05, 3.63) is 5.82 Å². The highest BCUT2D eigenvalue weighted by Gasteiger charge is 2.16. The zero-order chi connectivity index (χ0) is 15.1. The molecular formula is C12H22N6O3. The number of anilines is 2. The summed E-state index contributed by atoms with van der Waals surface area (Å²) in [6.45, 7) is 4.04. The van der Waals surface area contributed by atoms with Gasteiger partial charge in [-0.15, -0.1) is 0 Å². The van der Waals surface area contributed by atoms with Gasteiger partial charge >= 0.3 is 0 Å². The summed E-state index contributed by atoms with van der Waals surface area (Å²) in [5, 5.41) is 18.1. The van der Waals surface area contributed by atoms with Gasteiger partial charge in [-0.2, -0.15) is 15.0 Å². The molecule has 0 atom stereocenters. The Labute approximate surface area is 123 Å². The molecule has 1 aromatic heterocycles. The fourth-order valence-corrected chi connectivity index (χ4v) is 2.15. The first kappa shape index (κ1) is 15.8. The van der Waals surface area contributed by atoms with Gasteiger partial charge in [0, 0.05) is 26.2 Å². The van der Waals surface area contributed by atoms with Crippen LogP contribution in [0.15, 0.2) is 0 Å². The summed E-state index contributed by atoms with van der Waals surface area (Å²) in [7, 11) is 0. The summed E-state index contributed by atoms with van der Waals surface area (Å²) in [5.41, 5.74) is 5.75. The summed E-state index contributed by atoms with van der Waals surface area (Å²) in [5.74, 6) is 1.26. The predicted octanol–water partition coefficient (Wildman–Crippen LogP) is -1.92. The molecule has 1 saturated heterocycles. The molecule has 9 heteroatoms. The van der Waals surface area contributed by atoms with Gasteiger partial charge in [0.1, 0.15) is 5.82 Å². The number of rotatable bonds is 7. The van der Waals surface area contributed by atoms with Crippen LogP contribution < -0.4 is 10.6 Å².